The molecule has 3 heterocycles. The minimum atomic E-state index is -1.24. The third-order valence-electron chi connectivity index (χ3n) is 6.08. The quantitative estimate of drug-likeness (QED) is 0.493. The van der Waals surface area contributed by atoms with Crippen molar-refractivity contribution in [1.29, 1.82) is 5.26 Å². The largest absolute Gasteiger partial charge is 0.495 e. The molecule has 1 aliphatic heterocycles. The van der Waals surface area contributed by atoms with Gasteiger partial charge in [0.05, 0.1) is 36.5 Å². The summed E-state index contributed by atoms with van der Waals surface area (Å²) in [6.07, 6.45) is 8.79. The van der Waals surface area contributed by atoms with Crippen molar-refractivity contribution < 1.29 is 9.84 Å². The molecule has 1 unspecified atom stereocenters. The van der Waals surface area contributed by atoms with E-state index in [9.17, 15) is 5.11 Å². The van der Waals surface area contributed by atoms with Crippen LogP contribution in [0.4, 0.5) is 0 Å². The Bertz CT molecular complexity index is 1410. The van der Waals surface area contributed by atoms with Gasteiger partial charge in [-0.1, -0.05) is 24.3 Å². The van der Waals surface area contributed by atoms with E-state index in [4.69, 9.17) is 10.00 Å². The molecule has 4 aromatic rings. The molecule has 34 heavy (non-hydrogen) atoms. The van der Waals surface area contributed by atoms with Crippen molar-refractivity contribution >= 4 is 12.2 Å². The molecule has 2 aromatic heterocycles. The molecule has 8 nitrogen and oxygen atoms in total. The van der Waals surface area contributed by atoms with Crippen LogP contribution in [0.15, 0.2) is 55.0 Å². The molecular weight excluding hydrogens is 428 g/mol. The van der Waals surface area contributed by atoms with E-state index in [2.05, 4.69) is 21.1 Å². The Morgan fingerprint density at radius 3 is 2.71 bits per heavy atom. The topological polar surface area (TPSA) is 102 Å². The minimum absolute atomic E-state index is 0.520. The fraction of sp³-hybridized carbons (Fsp3) is 0.231. The van der Waals surface area contributed by atoms with Crippen LogP contribution in [0.5, 0.6) is 5.75 Å². The zero-order valence-corrected chi connectivity index (χ0v) is 19.0. The minimum Gasteiger partial charge on any atom is -0.495 e. The van der Waals surface area contributed by atoms with E-state index in [0.29, 0.717) is 35.7 Å². The lowest BCUT2D eigenvalue weighted by Crippen LogP contribution is -2.35. The van der Waals surface area contributed by atoms with E-state index in [1.807, 2.05) is 48.0 Å². The Morgan fingerprint density at radius 1 is 1.18 bits per heavy atom. The highest BCUT2D eigenvalue weighted by Crippen LogP contribution is 2.36. The third-order valence-corrected chi connectivity index (χ3v) is 6.08. The summed E-state index contributed by atoms with van der Waals surface area (Å²) in [6.45, 7) is 2.64. The molecule has 1 aliphatic rings. The van der Waals surface area contributed by atoms with Gasteiger partial charge in [-0.15, -0.1) is 0 Å². The maximum atomic E-state index is 11.5. The number of nitrogens with zero attached hydrogens (tertiary/aromatic N) is 6. The van der Waals surface area contributed by atoms with E-state index in [-0.39, 0.29) is 0 Å². The molecule has 8 heteroatoms. The van der Waals surface area contributed by atoms with Crippen LogP contribution in [0.1, 0.15) is 46.9 Å². The van der Waals surface area contributed by atoms with Crippen LogP contribution in [0.2, 0.25) is 0 Å². The number of nitriles is 1. The summed E-state index contributed by atoms with van der Waals surface area (Å²) >= 11 is 0. The first-order valence-electron chi connectivity index (χ1n) is 11.1. The molecule has 0 saturated carbocycles. The van der Waals surface area contributed by atoms with Gasteiger partial charge >= 0.3 is 0 Å². The Balaban J connectivity index is 1.43. The summed E-state index contributed by atoms with van der Waals surface area (Å²) in [5.74, 6) is 1.77. The average molecular weight is 453 g/mol. The van der Waals surface area contributed by atoms with Gasteiger partial charge < -0.3 is 14.4 Å². The normalized spacial score (nSPS) is 17.5. The molecule has 0 fully saturated rings. The Kier molecular flexibility index (Phi) is 5.48. The number of imidazole rings is 1. The molecule has 0 saturated heterocycles. The number of aliphatic hydroxyl groups is 1. The molecule has 5 rings (SSSR count). The van der Waals surface area contributed by atoms with Gasteiger partial charge in [-0.2, -0.15) is 10.4 Å². The smallest absolute Gasteiger partial charge is 0.174 e. The highest BCUT2D eigenvalue weighted by atomic mass is 16.5. The van der Waals surface area contributed by atoms with Crippen LogP contribution in [0, 0.1) is 18.3 Å². The van der Waals surface area contributed by atoms with Crippen molar-refractivity contribution in [2.75, 3.05) is 7.11 Å². The molecule has 2 aromatic carbocycles. The fourth-order valence-corrected chi connectivity index (χ4v) is 4.32. The lowest BCUT2D eigenvalue weighted by molar-refractivity contribution is 0.0395. The van der Waals surface area contributed by atoms with Crippen molar-refractivity contribution in [3.05, 3.63) is 89.0 Å². The van der Waals surface area contributed by atoms with Gasteiger partial charge in [0.25, 0.3) is 0 Å². The molecule has 1 atom stereocenters. The Morgan fingerprint density at radius 2 is 2.00 bits per heavy atom. The lowest BCUT2D eigenvalue weighted by Gasteiger charge is -2.31. The second kappa shape index (κ2) is 8.61. The highest BCUT2D eigenvalue weighted by molar-refractivity contribution is 5.69. The number of rotatable bonds is 5. The molecule has 1 N–H and O–H groups in total. The molecular formula is C26H24N6O2. The number of aryl methyl sites for hydroxylation is 2. The van der Waals surface area contributed by atoms with Crippen molar-refractivity contribution in [2.24, 2.45) is 0 Å². The Hall–Kier alpha value is -4.22. The van der Waals surface area contributed by atoms with Crippen LogP contribution < -0.4 is 4.74 Å². The number of ether oxygens (including phenoxy) is 1. The van der Waals surface area contributed by atoms with Crippen molar-refractivity contribution in [1.82, 2.24) is 24.3 Å². The van der Waals surface area contributed by atoms with E-state index in [1.54, 1.807) is 42.4 Å². The van der Waals surface area contributed by atoms with E-state index < -0.39 is 5.60 Å². The number of methoxy groups -OCH3 is 1. The average Bonchev–Trinajstić information content (AvgIpc) is 3.49. The maximum absolute atomic E-state index is 11.5. The second-order valence-electron chi connectivity index (χ2n) is 8.36. The van der Waals surface area contributed by atoms with Gasteiger partial charge in [0.1, 0.15) is 11.4 Å². The predicted octanol–water partition coefficient (Wildman–Crippen LogP) is 3.85. The van der Waals surface area contributed by atoms with Gasteiger partial charge in [-0.3, -0.25) is 0 Å². The maximum Gasteiger partial charge on any atom is 0.174 e. The molecule has 0 bridgehead atoms. The van der Waals surface area contributed by atoms with E-state index >= 15 is 0 Å². The fourth-order valence-electron chi connectivity index (χ4n) is 4.32. The summed E-state index contributed by atoms with van der Waals surface area (Å²) in [4.78, 5) is 8.94. The van der Waals surface area contributed by atoms with Crippen LogP contribution in [-0.4, -0.2) is 36.5 Å². The SMILES string of the molecule is COc1cc(/C=C/c2nc3n(n2)CCCC3(O)c2ccc(C#N)cc2)ccc1-n1cnc(C)c1. The zero-order chi connectivity index (χ0) is 23.7. The van der Waals surface area contributed by atoms with Crippen LogP contribution >= 0.6 is 0 Å². The molecule has 170 valence electrons. The number of hydrogen-bond acceptors (Lipinski definition) is 6. The van der Waals surface area contributed by atoms with Crippen LogP contribution in [0.25, 0.3) is 17.8 Å². The molecule has 0 radical (unpaired) electrons. The first kappa shape index (κ1) is 21.6. The van der Waals surface area contributed by atoms with Crippen molar-refractivity contribution in [3.63, 3.8) is 0 Å². The monoisotopic (exact) mass is 452 g/mol. The summed E-state index contributed by atoms with van der Waals surface area (Å²) in [7, 11) is 1.64. The third kappa shape index (κ3) is 3.87. The first-order valence-corrected chi connectivity index (χ1v) is 11.1. The molecule has 0 spiro atoms. The van der Waals surface area contributed by atoms with Crippen LogP contribution in [0.3, 0.4) is 0 Å². The van der Waals surface area contributed by atoms with Gasteiger partial charge in [0.15, 0.2) is 11.6 Å². The van der Waals surface area contributed by atoms with Crippen molar-refractivity contribution in [2.45, 2.75) is 31.9 Å². The number of benzene rings is 2. The highest BCUT2D eigenvalue weighted by Gasteiger charge is 2.39. The van der Waals surface area contributed by atoms with E-state index in [1.165, 1.54) is 0 Å². The number of aromatic nitrogens is 5. The first-order chi connectivity index (χ1) is 16.5. The summed E-state index contributed by atoms with van der Waals surface area (Å²) in [5, 5.41) is 25.2. The Labute approximate surface area is 197 Å². The zero-order valence-electron chi connectivity index (χ0n) is 19.0. The van der Waals surface area contributed by atoms with Gasteiger partial charge in [-0.25, -0.2) is 14.6 Å². The summed E-state index contributed by atoms with van der Waals surface area (Å²) < 4.78 is 9.29. The van der Waals surface area contributed by atoms with Gasteiger partial charge in [0, 0.05) is 12.7 Å². The van der Waals surface area contributed by atoms with Gasteiger partial charge in [-0.05, 0) is 61.2 Å². The summed E-state index contributed by atoms with van der Waals surface area (Å²) in [6, 6.07) is 15.0. The van der Waals surface area contributed by atoms with Crippen molar-refractivity contribution in [3.8, 4) is 17.5 Å². The summed E-state index contributed by atoms with van der Waals surface area (Å²) in [5.41, 5.74) is 2.81. The molecule has 0 aliphatic carbocycles. The van der Waals surface area contributed by atoms with Crippen LogP contribution in [-0.2, 0) is 12.1 Å². The van der Waals surface area contributed by atoms with Gasteiger partial charge in [0.2, 0.25) is 0 Å². The predicted molar refractivity (Wildman–Crippen MR) is 127 cm³/mol. The van der Waals surface area contributed by atoms with E-state index in [0.717, 1.165) is 29.1 Å². The second-order valence-corrected chi connectivity index (χ2v) is 8.36. The lowest BCUT2D eigenvalue weighted by atomic mass is 9.86. The standard InChI is InChI=1S/C26H24N6O2/c1-18-16-31(17-28-18)22-10-6-19(14-23(22)34-2)7-11-24-29-25-26(33,12-3-13-32(25)30-24)21-8-4-20(15-27)5-9-21/h4-11,14,16-17,33H,3,12-13H2,1-2H3/b11-7+. The number of hydrogen-bond donors (Lipinski definition) is 1. The number of fused-ring (bicyclic) bond motifs is 1. The molecule has 0 amide bonds.